The van der Waals surface area contributed by atoms with Gasteiger partial charge in [-0.25, -0.2) is 15.0 Å². The van der Waals surface area contributed by atoms with E-state index in [9.17, 15) is 0 Å². The Balaban J connectivity index is 1.47. The van der Waals surface area contributed by atoms with E-state index in [0.717, 1.165) is 32.4 Å². The average Bonchev–Trinajstić information content (AvgIpc) is 3.22. The number of benzene rings is 2. The molecule has 3 aromatic heterocycles. The fourth-order valence-corrected chi connectivity index (χ4v) is 4.35. The molecule has 5 rings (SSSR count). The van der Waals surface area contributed by atoms with Gasteiger partial charge in [-0.2, -0.15) is 0 Å². The normalized spacial score (nSPS) is 10.8. The second-order valence-electron chi connectivity index (χ2n) is 6.88. The van der Waals surface area contributed by atoms with E-state index in [0.29, 0.717) is 5.82 Å². The molecular formula is C25H18N4S. The number of aromatic nitrogens is 4. The monoisotopic (exact) mass is 406 g/mol. The van der Waals surface area contributed by atoms with Gasteiger partial charge in [-0.15, -0.1) is 11.3 Å². The van der Waals surface area contributed by atoms with Crippen LogP contribution in [0, 0.1) is 6.92 Å². The summed E-state index contributed by atoms with van der Waals surface area (Å²) in [6, 6.07) is 24.7. The van der Waals surface area contributed by atoms with Crippen LogP contribution in [0.25, 0.3) is 43.7 Å². The molecule has 0 fully saturated rings. The molecule has 0 aliphatic heterocycles. The molecule has 5 aromatic rings. The van der Waals surface area contributed by atoms with Crippen molar-refractivity contribution in [1.29, 1.82) is 0 Å². The summed E-state index contributed by atoms with van der Waals surface area (Å²) >= 11 is 1.65. The van der Waals surface area contributed by atoms with E-state index >= 15 is 0 Å². The van der Waals surface area contributed by atoms with E-state index in [1.165, 1.54) is 11.1 Å². The Morgan fingerprint density at radius 3 is 2.17 bits per heavy atom. The van der Waals surface area contributed by atoms with Gasteiger partial charge < -0.3 is 0 Å². The van der Waals surface area contributed by atoms with Crippen molar-refractivity contribution in [2.45, 2.75) is 6.92 Å². The topological polar surface area (TPSA) is 51.6 Å². The summed E-state index contributed by atoms with van der Waals surface area (Å²) in [7, 11) is 0. The van der Waals surface area contributed by atoms with E-state index in [4.69, 9.17) is 9.97 Å². The highest BCUT2D eigenvalue weighted by atomic mass is 32.1. The zero-order chi connectivity index (χ0) is 20.3. The van der Waals surface area contributed by atoms with Crippen LogP contribution >= 0.6 is 11.3 Å². The van der Waals surface area contributed by atoms with Gasteiger partial charge in [0.05, 0.1) is 16.3 Å². The highest BCUT2D eigenvalue weighted by Gasteiger charge is 2.14. The van der Waals surface area contributed by atoms with Gasteiger partial charge in [0.2, 0.25) is 0 Å². The molecule has 0 saturated heterocycles. The summed E-state index contributed by atoms with van der Waals surface area (Å²) in [5.74, 6) is 0.669. The van der Waals surface area contributed by atoms with Gasteiger partial charge in [0, 0.05) is 29.7 Å². The van der Waals surface area contributed by atoms with Gasteiger partial charge >= 0.3 is 0 Å². The van der Waals surface area contributed by atoms with Crippen molar-refractivity contribution in [1.82, 2.24) is 19.9 Å². The van der Waals surface area contributed by atoms with Gasteiger partial charge in [0.1, 0.15) is 5.01 Å². The van der Waals surface area contributed by atoms with Crippen LogP contribution in [0.5, 0.6) is 0 Å². The largest absolute Gasteiger partial charge is 0.264 e. The highest BCUT2D eigenvalue weighted by Crippen LogP contribution is 2.35. The van der Waals surface area contributed by atoms with Crippen LogP contribution in [0.4, 0.5) is 0 Å². The summed E-state index contributed by atoms with van der Waals surface area (Å²) in [4.78, 5) is 19.2. The van der Waals surface area contributed by atoms with E-state index in [-0.39, 0.29) is 0 Å². The first-order chi connectivity index (χ1) is 14.8. The molecular weight excluding hydrogens is 388 g/mol. The number of thiazole rings is 1. The minimum atomic E-state index is 0.669. The number of pyridine rings is 1. The predicted octanol–water partition coefficient (Wildman–Crippen LogP) is 6.30. The van der Waals surface area contributed by atoms with Crippen molar-refractivity contribution in [3.8, 4) is 43.7 Å². The van der Waals surface area contributed by atoms with Gasteiger partial charge in [0.15, 0.2) is 5.82 Å². The lowest BCUT2D eigenvalue weighted by Gasteiger charge is -2.03. The maximum absolute atomic E-state index is 4.81. The van der Waals surface area contributed by atoms with Crippen LogP contribution in [-0.4, -0.2) is 19.9 Å². The van der Waals surface area contributed by atoms with Crippen LogP contribution in [0.1, 0.15) is 5.69 Å². The zero-order valence-corrected chi connectivity index (χ0v) is 17.2. The van der Waals surface area contributed by atoms with Crippen molar-refractivity contribution in [3.05, 3.63) is 97.1 Å². The standard InChI is InChI=1S/C25H18N4S/c1-17-23(22-13-15-27-24(29-22)21-8-5-14-26-16-21)30-25(28-17)20-11-9-19(10-12-20)18-6-3-2-4-7-18/h2-16H,1H3. The average molecular weight is 407 g/mol. The van der Waals surface area contributed by atoms with Crippen molar-refractivity contribution >= 4 is 11.3 Å². The number of aryl methyl sites for hydroxylation is 1. The van der Waals surface area contributed by atoms with E-state index < -0.39 is 0 Å². The Morgan fingerprint density at radius 1 is 0.667 bits per heavy atom. The van der Waals surface area contributed by atoms with Crippen LogP contribution in [0.3, 0.4) is 0 Å². The van der Waals surface area contributed by atoms with Gasteiger partial charge in [-0.3, -0.25) is 4.98 Å². The van der Waals surface area contributed by atoms with Gasteiger partial charge in [-0.1, -0.05) is 54.6 Å². The van der Waals surface area contributed by atoms with E-state index in [1.807, 2.05) is 31.2 Å². The molecule has 0 N–H and O–H groups in total. The molecule has 144 valence electrons. The Bertz CT molecular complexity index is 1280. The third kappa shape index (κ3) is 3.63. The summed E-state index contributed by atoms with van der Waals surface area (Å²) in [6.07, 6.45) is 5.31. The van der Waals surface area contributed by atoms with E-state index in [2.05, 4.69) is 58.5 Å². The summed E-state index contributed by atoms with van der Waals surface area (Å²) in [6.45, 7) is 2.03. The molecule has 30 heavy (non-hydrogen) atoms. The minimum Gasteiger partial charge on any atom is -0.264 e. The summed E-state index contributed by atoms with van der Waals surface area (Å²) in [5.41, 5.74) is 6.27. The maximum atomic E-state index is 4.81. The highest BCUT2D eigenvalue weighted by molar-refractivity contribution is 7.18. The number of nitrogens with zero attached hydrogens (tertiary/aromatic N) is 4. The third-order valence-electron chi connectivity index (χ3n) is 4.84. The van der Waals surface area contributed by atoms with Gasteiger partial charge in [0.25, 0.3) is 0 Å². The molecule has 0 bridgehead atoms. The Hall–Kier alpha value is -3.70. The quantitative estimate of drug-likeness (QED) is 0.351. The summed E-state index contributed by atoms with van der Waals surface area (Å²) < 4.78 is 0. The van der Waals surface area contributed by atoms with Crippen molar-refractivity contribution in [2.24, 2.45) is 0 Å². The fourth-order valence-electron chi connectivity index (χ4n) is 3.31. The summed E-state index contributed by atoms with van der Waals surface area (Å²) in [5, 5.41) is 0.989. The lowest BCUT2D eigenvalue weighted by Crippen LogP contribution is -1.91. The molecule has 0 radical (unpaired) electrons. The molecule has 3 heterocycles. The zero-order valence-electron chi connectivity index (χ0n) is 16.4. The molecule has 5 heteroatoms. The molecule has 0 spiro atoms. The number of hydrogen-bond donors (Lipinski definition) is 0. The SMILES string of the molecule is Cc1nc(-c2ccc(-c3ccccc3)cc2)sc1-c1ccnc(-c2cccnc2)n1. The van der Waals surface area contributed by atoms with Crippen LogP contribution in [0.2, 0.25) is 0 Å². The smallest absolute Gasteiger partial charge is 0.161 e. The predicted molar refractivity (Wildman–Crippen MR) is 122 cm³/mol. The van der Waals surface area contributed by atoms with Crippen molar-refractivity contribution < 1.29 is 0 Å². The molecule has 0 unspecified atom stereocenters. The van der Waals surface area contributed by atoms with Crippen molar-refractivity contribution in [3.63, 3.8) is 0 Å². The Morgan fingerprint density at radius 2 is 1.40 bits per heavy atom. The second kappa shape index (κ2) is 7.97. The molecule has 2 aromatic carbocycles. The molecule has 0 amide bonds. The first-order valence-electron chi connectivity index (χ1n) is 9.65. The Kier molecular flexibility index (Phi) is 4.87. The van der Waals surface area contributed by atoms with Gasteiger partial charge in [-0.05, 0) is 36.2 Å². The second-order valence-corrected chi connectivity index (χ2v) is 7.88. The first kappa shape index (κ1) is 18.3. The number of hydrogen-bond acceptors (Lipinski definition) is 5. The molecule has 0 saturated carbocycles. The van der Waals surface area contributed by atoms with Crippen LogP contribution < -0.4 is 0 Å². The lowest BCUT2D eigenvalue weighted by molar-refractivity contribution is 1.16. The first-order valence-corrected chi connectivity index (χ1v) is 10.5. The minimum absolute atomic E-state index is 0.669. The number of rotatable bonds is 4. The molecule has 0 aliphatic carbocycles. The molecule has 0 aliphatic rings. The lowest BCUT2D eigenvalue weighted by atomic mass is 10.0. The Labute approximate surface area is 179 Å². The van der Waals surface area contributed by atoms with Crippen LogP contribution in [-0.2, 0) is 0 Å². The van der Waals surface area contributed by atoms with Crippen molar-refractivity contribution in [2.75, 3.05) is 0 Å². The third-order valence-corrected chi connectivity index (χ3v) is 6.07. The molecule has 4 nitrogen and oxygen atoms in total. The molecule has 0 atom stereocenters. The maximum Gasteiger partial charge on any atom is 0.161 e. The fraction of sp³-hybridized carbons (Fsp3) is 0.0400. The van der Waals surface area contributed by atoms with E-state index in [1.54, 1.807) is 29.9 Å². The van der Waals surface area contributed by atoms with Crippen LogP contribution in [0.15, 0.2) is 91.4 Å².